The van der Waals surface area contributed by atoms with Crippen LogP contribution in [0, 0.1) is 12.8 Å². The third-order valence-corrected chi connectivity index (χ3v) is 4.06. The molecule has 0 saturated carbocycles. The molecule has 0 radical (unpaired) electrons. The van der Waals surface area contributed by atoms with Crippen molar-refractivity contribution in [2.24, 2.45) is 5.92 Å². The standard InChI is InChI=1S/C16H23N5/c1-14-3-4-16(17-11-14)18-12-15-5-8-20(13-15)9-10-21-7-2-6-19-21/h2-4,6-7,11,15H,5,8-10,12-13H2,1H3,(H,17,18). The lowest BCUT2D eigenvalue weighted by Gasteiger charge is -2.16. The largest absolute Gasteiger partial charge is 0.370 e. The lowest BCUT2D eigenvalue weighted by Crippen LogP contribution is -2.26. The van der Waals surface area contributed by atoms with E-state index in [0.717, 1.165) is 25.5 Å². The summed E-state index contributed by atoms with van der Waals surface area (Å²) in [5.41, 5.74) is 1.20. The number of aromatic nitrogens is 3. The monoisotopic (exact) mass is 285 g/mol. The molecule has 1 saturated heterocycles. The van der Waals surface area contributed by atoms with Crippen LogP contribution in [0.5, 0.6) is 0 Å². The van der Waals surface area contributed by atoms with Crippen LogP contribution in [-0.2, 0) is 6.54 Å². The van der Waals surface area contributed by atoms with Crippen molar-refractivity contribution in [2.75, 3.05) is 31.5 Å². The zero-order valence-electron chi connectivity index (χ0n) is 12.6. The quantitative estimate of drug-likeness (QED) is 0.882. The Balaban J connectivity index is 1.39. The maximum atomic E-state index is 4.39. The van der Waals surface area contributed by atoms with Crippen molar-refractivity contribution in [1.82, 2.24) is 19.7 Å². The van der Waals surface area contributed by atoms with Gasteiger partial charge >= 0.3 is 0 Å². The molecule has 0 bridgehead atoms. The Morgan fingerprint density at radius 2 is 2.29 bits per heavy atom. The van der Waals surface area contributed by atoms with Gasteiger partial charge in [-0.1, -0.05) is 6.07 Å². The summed E-state index contributed by atoms with van der Waals surface area (Å²) in [5.74, 6) is 1.70. The molecule has 1 N–H and O–H groups in total. The second kappa shape index (κ2) is 6.72. The molecule has 5 heteroatoms. The summed E-state index contributed by atoms with van der Waals surface area (Å²) in [6.45, 7) is 7.49. The number of anilines is 1. The van der Waals surface area contributed by atoms with Crippen LogP contribution in [0.4, 0.5) is 5.82 Å². The minimum Gasteiger partial charge on any atom is -0.370 e. The zero-order valence-corrected chi connectivity index (χ0v) is 12.6. The Morgan fingerprint density at radius 1 is 1.33 bits per heavy atom. The van der Waals surface area contributed by atoms with E-state index in [1.807, 2.05) is 29.3 Å². The highest BCUT2D eigenvalue weighted by Gasteiger charge is 2.21. The van der Waals surface area contributed by atoms with E-state index in [-0.39, 0.29) is 0 Å². The molecule has 1 unspecified atom stereocenters. The highest BCUT2D eigenvalue weighted by molar-refractivity contribution is 5.35. The molecule has 3 heterocycles. The third kappa shape index (κ3) is 4.04. The summed E-state index contributed by atoms with van der Waals surface area (Å²) in [7, 11) is 0. The lowest BCUT2D eigenvalue weighted by molar-refractivity contribution is 0.305. The van der Waals surface area contributed by atoms with Crippen LogP contribution in [0.25, 0.3) is 0 Å². The minimum atomic E-state index is 0.714. The van der Waals surface area contributed by atoms with E-state index in [1.54, 1.807) is 0 Å². The molecule has 1 aliphatic rings. The zero-order chi connectivity index (χ0) is 14.5. The molecule has 2 aromatic heterocycles. The second-order valence-electron chi connectivity index (χ2n) is 5.83. The first-order valence-electron chi connectivity index (χ1n) is 7.66. The van der Waals surface area contributed by atoms with Gasteiger partial charge in [-0.05, 0) is 43.5 Å². The number of hydrogen-bond acceptors (Lipinski definition) is 4. The fourth-order valence-corrected chi connectivity index (χ4v) is 2.78. The van der Waals surface area contributed by atoms with Crippen molar-refractivity contribution in [3.05, 3.63) is 42.4 Å². The summed E-state index contributed by atoms with van der Waals surface area (Å²) in [5, 5.41) is 7.70. The SMILES string of the molecule is Cc1ccc(NCC2CCN(CCn3cccn3)C2)nc1. The predicted molar refractivity (Wildman–Crippen MR) is 84.2 cm³/mol. The highest BCUT2D eigenvalue weighted by atomic mass is 15.3. The van der Waals surface area contributed by atoms with Crippen LogP contribution in [-0.4, -0.2) is 45.8 Å². The smallest absolute Gasteiger partial charge is 0.125 e. The van der Waals surface area contributed by atoms with Gasteiger partial charge in [0.1, 0.15) is 5.82 Å². The van der Waals surface area contributed by atoms with Crippen molar-refractivity contribution in [3.63, 3.8) is 0 Å². The maximum absolute atomic E-state index is 4.39. The van der Waals surface area contributed by atoms with Crippen molar-refractivity contribution in [2.45, 2.75) is 19.9 Å². The predicted octanol–water partition coefficient (Wildman–Crippen LogP) is 2.02. The van der Waals surface area contributed by atoms with E-state index >= 15 is 0 Å². The highest BCUT2D eigenvalue weighted by Crippen LogP contribution is 2.16. The van der Waals surface area contributed by atoms with Crippen molar-refractivity contribution in [1.29, 1.82) is 0 Å². The van der Waals surface area contributed by atoms with Crippen molar-refractivity contribution < 1.29 is 0 Å². The number of aryl methyl sites for hydroxylation is 1. The Hall–Kier alpha value is -1.88. The summed E-state index contributed by atoms with van der Waals surface area (Å²) in [4.78, 5) is 6.92. The average molecular weight is 285 g/mol. The van der Waals surface area contributed by atoms with Crippen molar-refractivity contribution in [3.8, 4) is 0 Å². The van der Waals surface area contributed by atoms with Gasteiger partial charge in [0, 0.05) is 38.2 Å². The number of rotatable bonds is 6. The van der Waals surface area contributed by atoms with Crippen LogP contribution in [0.2, 0.25) is 0 Å². The van der Waals surface area contributed by atoms with Crippen LogP contribution in [0.1, 0.15) is 12.0 Å². The number of nitrogens with zero attached hydrogens (tertiary/aromatic N) is 4. The molecular formula is C16H23N5. The molecule has 1 atom stereocenters. The molecule has 0 spiro atoms. The maximum Gasteiger partial charge on any atom is 0.125 e. The molecule has 5 nitrogen and oxygen atoms in total. The Bertz CT molecular complexity index is 534. The van der Waals surface area contributed by atoms with Gasteiger partial charge in [-0.3, -0.25) is 4.68 Å². The van der Waals surface area contributed by atoms with E-state index in [0.29, 0.717) is 5.92 Å². The molecule has 0 amide bonds. The van der Waals surface area contributed by atoms with Gasteiger partial charge in [0.25, 0.3) is 0 Å². The third-order valence-electron chi connectivity index (χ3n) is 4.06. The van der Waals surface area contributed by atoms with Crippen LogP contribution < -0.4 is 5.32 Å². The van der Waals surface area contributed by atoms with E-state index in [1.165, 1.54) is 25.1 Å². The first-order valence-corrected chi connectivity index (χ1v) is 7.66. The normalized spacial score (nSPS) is 19.0. The molecule has 2 aromatic rings. The summed E-state index contributed by atoms with van der Waals surface area (Å²) >= 11 is 0. The topological polar surface area (TPSA) is 46.0 Å². The minimum absolute atomic E-state index is 0.714. The lowest BCUT2D eigenvalue weighted by atomic mass is 10.1. The van der Waals surface area contributed by atoms with E-state index in [2.05, 4.69) is 39.4 Å². The summed E-state index contributed by atoms with van der Waals surface area (Å²) in [6.07, 6.45) is 7.04. The fourth-order valence-electron chi connectivity index (χ4n) is 2.78. The average Bonchev–Trinajstić information content (AvgIpc) is 3.16. The van der Waals surface area contributed by atoms with Crippen LogP contribution in [0.15, 0.2) is 36.8 Å². The van der Waals surface area contributed by atoms with Gasteiger partial charge in [-0.2, -0.15) is 5.10 Å². The van der Waals surface area contributed by atoms with Gasteiger partial charge in [-0.25, -0.2) is 4.98 Å². The Morgan fingerprint density at radius 3 is 3.05 bits per heavy atom. The second-order valence-corrected chi connectivity index (χ2v) is 5.83. The first kappa shape index (κ1) is 14.1. The number of hydrogen-bond donors (Lipinski definition) is 1. The number of likely N-dealkylation sites (tertiary alicyclic amines) is 1. The van der Waals surface area contributed by atoms with Gasteiger partial charge in [0.15, 0.2) is 0 Å². The Labute approximate surface area is 126 Å². The van der Waals surface area contributed by atoms with Gasteiger partial charge in [0.2, 0.25) is 0 Å². The molecule has 1 fully saturated rings. The van der Waals surface area contributed by atoms with Crippen LogP contribution >= 0.6 is 0 Å². The van der Waals surface area contributed by atoms with Crippen molar-refractivity contribution >= 4 is 5.82 Å². The van der Waals surface area contributed by atoms with E-state index < -0.39 is 0 Å². The molecule has 21 heavy (non-hydrogen) atoms. The molecule has 3 rings (SSSR count). The molecule has 112 valence electrons. The van der Waals surface area contributed by atoms with E-state index in [9.17, 15) is 0 Å². The van der Waals surface area contributed by atoms with Gasteiger partial charge < -0.3 is 10.2 Å². The summed E-state index contributed by atoms with van der Waals surface area (Å²) in [6, 6.07) is 6.13. The fraction of sp³-hybridized carbons (Fsp3) is 0.500. The van der Waals surface area contributed by atoms with Crippen LogP contribution in [0.3, 0.4) is 0 Å². The van der Waals surface area contributed by atoms with Gasteiger partial charge in [0.05, 0.1) is 6.54 Å². The first-order chi connectivity index (χ1) is 10.3. The van der Waals surface area contributed by atoms with E-state index in [4.69, 9.17) is 0 Å². The molecular weight excluding hydrogens is 262 g/mol. The Kier molecular flexibility index (Phi) is 4.50. The molecule has 0 aromatic carbocycles. The number of nitrogens with one attached hydrogen (secondary N) is 1. The molecule has 1 aliphatic heterocycles. The van der Waals surface area contributed by atoms with Gasteiger partial charge in [-0.15, -0.1) is 0 Å². The summed E-state index contributed by atoms with van der Waals surface area (Å²) < 4.78 is 2.00. The number of pyridine rings is 1. The molecule has 0 aliphatic carbocycles.